The van der Waals surface area contributed by atoms with Gasteiger partial charge in [0.15, 0.2) is 0 Å². The first-order valence-electron chi connectivity index (χ1n) is 7.98. The van der Waals surface area contributed by atoms with Crippen LogP contribution in [0.1, 0.15) is 49.9 Å². The van der Waals surface area contributed by atoms with E-state index in [2.05, 4.69) is 0 Å². The number of aliphatic hydroxyl groups excluding tert-OH is 2. The topological polar surface area (TPSA) is 80.9 Å². The fourth-order valence-corrected chi connectivity index (χ4v) is 2.03. The third-order valence-corrected chi connectivity index (χ3v) is 3.13. The van der Waals surface area contributed by atoms with Gasteiger partial charge in [0, 0.05) is 17.5 Å². The summed E-state index contributed by atoms with van der Waals surface area (Å²) >= 11 is 0. The third-order valence-electron chi connectivity index (χ3n) is 3.13. The van der Waals surface area contributed by atoms with Crippen LogP contribution in [0.15, 0.2) is 36.4 Å². The van der Waals surface area contributed by atoms with Crippen LogP contribution in [0, 0.1) is 0 Å². The van der Waals surface area contributed by atoms with Crippen molar-refractivity contribution < 1.29 is 20.4 Å². The van der Waals surface area contributed by atoms with Gasteiger partial charge in [-0.05, 0) is 11.1 Å². The van der Waals surface area contributed by atoms with Crippen LogP contribution in [0.2, 0.25) is 0 Å². The number of aliphatic hydroxyl groups is 2. The summed E-state index contributed by atoms with van der Waals surface area (Å²) in [7, 11) is 0. The first-order chi connectivity index (χ1) is 11.2. The highest BCUT2D eigenvalue weighted by atomic mass is 16.3. The van der Waals surface area contributed by atoms with E-state index < -0.39 is 0 Å². The van der Waals surface area contributed by atoms with Crippen LogP contribution >= 0.6 is 0 Å². The molecule has 0 fully saturated rings. The number of rotatable bonds is 4. The Morgan fingerprint density at radius 2 is 0.913 bits per heavy atom. The Kier molecular flexibility index (Phi) is 10.5. The minimum absolute atomic E-state index is 0.0406. The molecule has 4 nitrogen and oxygen atoms in total. The number of aromatic hydroxyl groups is 2. The zero-order valence-corrected chi connectivity index (χ0v) is 14.4. The predicted octanol–water partition coefficient (Wildman–Crippen LogP) is 3.73. The monoisotopic (exact) mass is 320 g/mol. The van der Waals surface area contributed by atoms with Crippen LogP contribution in [0.5, 0.6) is 11.5 Å². The van der Waals surface area contributed by atoms with E-state index in [0.29, 0.717) is 28.7 Å². The second kappa shape index (κ2) is 11.5. The van der Waals surface area contributed by atoms with E-state index in [9.17, 15) is 10.2 Å². The first-order valence-corrected chi connectivity index (χ1v) is 7.98. The molecular formula is C19H28O4. The van der Waals surface area contributed by atoms with E-state index in [4.69, 9.17) is 10.2 Å². The minimum atomic E-state index is -0.234. The molecule has 0 amide bonds. The third kappa shape index (κ3) is 5.58. The van der Waals surface area contributed by atoms with Gasteiger partial charge < -0.3 is 20.4 Å². The highest BCUT2D eigenvalue weighted by molar-refractivity contribution is 5.47. The van der Waals surface area contributed by atoms with E-state index in [-0.39, 0.29) is 24.7 Å². The summed E-state index contributed by atoms with van der Waals surface area (Å²) < 4.78 is 0. The average molecular weight is 320 g/mol. The van der Waals surface area contributed by atoms with E-state index in [0.717, 1.165) is 0 Å². The quantitative estimate of drug-likeness (QED) is 0.692. The van der Waals surface area contributed by atoms with Gasteiger partial charge in [-0.15, -0.1) is 0 Å². The van der Waals surface area contributed by atoms with Crippen molar-refractivity contribution in [2.75, 3.05) is 0 Å². The normalized spacial score (nSPS) is 9.30. The Bertz CT molecular complexity index is 528. The maximum Gasteiger partial charge on any atom is 0.124 e. The van der Waals surface area contributed by atoms with Crippen LogP contribution in [0.3, 0.4) is 0 Å². The number of para-hydroxylation sites is 2. The zero-order chi connectivity index (χ0) is 17.8. The first kappa shape index (κ1) is 21.0. The lowest BCUT2D eigenvalue weighted by atomic mass is 9.99. The highest BCUT2D eigenvalue weighted by Crippen LogP contribution is 2.29. The van der Waals surface area contributed by atoms with E-state index >= 15 is 0 Å². The summed E-state index contributed by atoms with van der Waals surface area (Å²) in [4.78, 5) is 0. The van der Waals surface area contributed by atoms with E-state index in [1.807, 2.05) is 27.7 Å². The molecule has 0 saturated heterocycles. The van der Waals surface area contributed by atoms with Crippen LogP contribution in [-0.4, -0.2) is 20.4 Å². The molecule has 128 valence electrons. The summed E-state index contributed by atoms with van der Waals surface area (Å²) in [5.74, 6) is 0.0811. The van der Waals surface area contributed by atoms with Gasteiger partial charge in [0.25, 0.3) is 0 Å². The number of hydrogen-bond donors (Lipinski definition) is 4. The van der Waals surface area contributed by atoms with Gasteiger partial charge in [0.05, 0.1) is 13.2 Å². The van der Waals surface area contributed by atoms with Crippen molar-refractivity contribution in [2.24, 2.45) is 0 Å². The van der Waals surface area contributed by atoms with Gasteiger partial charge in [-0.3, -0.25) is 0 Å². The molecule has 23 heavy (non-hydrogen) atoms. The Morgan fingerprint density at radius 3 is 1.22 bits per heavy atom. The number of hydrogen-bond acceptors (Lipinski definition) is 4. The van der Waals surface area contributed by atoms with Crippen LogP contribution in [-0.2, 0) is 19.6 Å². The van der Waals surface area contributed by atoms with Gasteiger partial charge in [-0.1, -0.05) is 64.1 Å². The Balaban J connectivity index is 0.00000112. The average Bonchev–Trinajstić information content (AvgIpc) is 2.62. The fraction of sp³-hybridized carbons (Fsp3) is 0.368. The van der Waals surface area contributed by atoms with Crippen LogP contribution < -0.4 is 0 Å². The highest BCUT2D eigenvalue weighted by Gasteiger charge is 2.11. The van der Waals surface area contributed by atoms with Crippen molar-refractivity contribution in [1.82, 2.24) is 0 Å². The summed E-state index contributed by atoms with van der Waals surface area (Å²) in [6.07, 6.45) is 0.333. The smallest absolute Gasteiger partial charge is 0.124 e. The fourth-order valence-electron chi connectivity index (χ4n) is 2.03. The van der Waals surface area contributed by atoms with Crippen LogP contribution in [0.25, 0.3) is 0 Å². The largest absolute Gasteiger partial charge is 0.507 e. The maximum absolute atomic E-state index is 9.98. The molecule has 0 unspecified atom stereocenters. The van der Waals surface area contributed by atoms with Gasteiger partial charge in [-0.2, -0.15) is 0 Å². The molecule has 0 atom stereocenters. The molecule has 0 spiro atoms. The molecular weight excluding hydrogens is 292 g/mol. The van der Waals surface area contributed by atoms with Crippen molar-refractivity contribution in [3.8, 4) is 11.5 Å². The molecule has 0 aliphatic heterocycles. The second-order valence-corrected chi connectivity index (χ2v) is 4.34. The molecule has 0 aliphatic rings. The molecule has 0 aliphatic carbocycles. The molecule has 0 saturated carbocycles. The molecule has 4 heteroatoms. The lowest BCUT2D eigenvalue weighted by molar-refractivity contribution is 0.275. The summed E-state index contributed by atoms with van der Waals surface area (Å²) in [5.41, 5.74) is 2.15. The Morgan fingerprint density at radius 1 is 0.609 bits per heavy atom. The standard InChI is InChI=1S/C15H16O4.2C2H6/c16-8-12-5-1-3-10(14(12)18)7-11-4-2-6-13(9-17)15(11)19;2*1-2/h1-6,16-19H,7-9H2;2*1-2H3. The van der Waals surface area contributed by atoms with Crippen LogP contribution in [0.4, 0.5) is 0 Å². The minimum Gasteiger partial charge on any atom is -0.507 e. The zero-order valence-electron chi connectivity index (χ0n) is 14.4. The molecule has 2 aromatic rings. The number of phenols is 2. The molecule has 0 bridgehead atoms. The Labute approximate surface area is 138 Å². The van der Waals surface area contributed by atoms with Gasteiger partial charge in [-0.25, -0.2) is 0 Å². The van der Waals surface area contributed by atoms with Gasteiger partial charge in [0.2, 0.25) is 0 Å². The van der Waals surface area contributed by atoms with Gasteiger partial charge >= 0.3 is 0 Å². The van der Waals surface area contributed by atoms with Crippen molar-refractivity contribution in [2.45, 2.75) is 47.3 Å². The second-order valence-electron chi connectivity index (χ2n) is 4.34. The number of benzene rings is 2. The van der Waals surface area contributed by atoms with Crippen molar-refractivity contribution in [3.05, 3.63) is 58.7 Å². The van der Waals surface area contributed by atoms with Crippen molar-refractivity contribution in [3.63, 3.8) is 0 Å². The van der Waals surface area contributed by atoms with E-state index in [1.165, 1.54) is 0 Å². The molecule has 2 rings (SSSR count). The van der Waals surface area contributed by atoms with E-state index in [1.54, 1.807) is 36.4 Å². The molecule has 4 N–H and O–H groups in total. The van der Waals surface area contributed by atoms with Gasteiger partial charge in [0.1, 0.15) is 11.5 Å². The summed E-state index contributed by atoms with van der Waals surface area (Å²) in [6.45, 7) is 7.53. The SMILES string of the molecule is CC.CC.OCc1cccc(Cc2cccc(CO)c2O)c1O. The lowest BCUT2D eigenvalue weighted by Gasteiger charge is -2.11. The maximum atomic E-state index is 9.98. The Hall–Kier alpha value is -2.04. The van der Waals surface area contributed by atoms with Crippen molar-refractivity contribution in [1.29, 1.82) is 0 Å². The lowest BCUT2D eigenvalue weighted by Crippen LogP contribution is -1.95. The molecule has 0 heterocycles. The van der Waals surface area contributed by atoms with Crippen molar-refractivity contribution >= 4 is 0 Å². The summed E-state index contributed by atoms with van der Waals surface area (Å²) in [5, 5.41) is 38.2. The predicted molar refractivity (Wildman–Crippen MR) is 93.6 cm³/mol. The summed E-state index contributed by atoms with van der Waals surface area (Å²) in [6, 6.07) is 10.2. The molecule has 0 aromatic heterocycles. The molecule has 2 aromatic carbocycles. The molecule has 0 radical (unpaired) electrons.